The van der Waals surface area contributed by atoms with Crippen molar-refractivity contribution in [3.8, 4) is 0 Å². The summed E-state index contributed by atoms with van der Waals surface area (Å²) in [7, 11) is 0. The topological polar surface area (TPSA) is 60.9 Å². The lowest BCUT2D eigenvalue weighted by molar-refractivity contribution is -0.149. The highest BCUT2D eigenvalue weighted by atomic mass is 16.4. The molecule has 1 saturated carbocycles. The van der Waals surface area contributed by atoms with Crippen LogP contribution in [0.3, 0.4) is 0 Å². The van der Waals surface area contributed by atoms with E-state index in [1.165, 1.54) is 0 Å². The number of rotatable bonds is 3. The summed E-state index contributed by atoms with van der Waals surface area (Å²) < 4.78 is 0. The number of piperidine rings is 1. The first kappa shape index (κ1) is 14.8. The molecule has 5 nitrogen and oxygen atoms in total. The number of carboxylic acid groups (broad SMARTS) is 1. The smallest absolute Gasteiger partial charge is 0.311 e. The summed E-state index contributed by atoms with van der Waals surface area (Å²) in [4.78, 5) is 28.1. The Morgan fingerprint density at radius 1 is 1.24 bits per heavy atom. The maximum absolute atomic E-state index is 12.4. The van der Waals surface area contributed by atoms with Crippen LogP contribution in [0.4, 0.5) is 0 Å². The fourth-order valence-corrected chi connectivity index (χ4v) is 4.41. The molecule has 2 aliphatic heterocycles. The quantitative estimate of drug-likeness (QED) is 0.855. The lowest BCUT2D eigenvalue weighted by Gasteiger charge is -2.32. The van der Waals surface area contributed by atoms with Gasteiger partial charge in [-0.1, -0.05) is 13.3 Å². The fourth-order valence-electron chi connectivity index (χ4n) is 4.41. The third-order valence-corrected chi connectivity index (χ3v) is 5.86. The minimum Gasteiger partial charge on any atom is -0.481 e. The van der Waals surface area contributed by atoms with Gasteiger partial charge in [-0.2, -0.15) is 0 Å². The van der Waals surface area contributed by atoms with E-state index in [4.69, 9.17) is 0 Å². The van der Waals surface area contributed by atoms with Crippen LogP contribution in [0.1, 0.15) is 39.0 Å². The van der Waals surface area contributed by atoms with Crippen molar-refractivity contribution in [2.75, 3.05) is 32.7 Å². The van der Waals surface area contributed by atoms with E-state index in [1.54, 1.807) is 0 Å². The number of likely N-dealkylation sites (tertiary alicyclic amines) is 2. The van der Waals surface area contributed by atoms with Crippen molar-refractivity contribution >= 4 is 11.9 Å². The van der Waals surface area contributed by atoms with Gasteiger partial charge >= 0.3 is 5.97 Å². The van der Waals surface area contributed by atoms with Crippen molar-refractivity contribution in [2.24, 2.45) is 17.3 Å². The van der Waals surface area contributed by atoms with E-state index in [0.717, 1.165) is 57.7 Å². The Labute approximate surface area is 126 Å². The predicted molar refractivity (Wildman–Crippen MR) is 78.8 cm³/mol. The molecule has 0 aromatic carbocycles. The number of aliphatic carboxylic acids is 1. The number of carbonyl (C=O) groups is 2. The summed E-state index contributed by atoms with van der Waals surface area (Å²) >= 11 is 0. The molecule has 0 aromatic heterocycles. The van der Waals surface area contributed by atoms with Crippen LogP contribution in [-0.2, 0) is 9.59 Å². The van der Waals surface area contributed by atoms with Gasteiger partial charge in [-0.15, -0.1) is 0 Å². The van der Waals surface area contributed by atoms with Crippen LogP contribution >= 0.6 is 0 Å². The molecule has 1 amide bonds. The fraction of sp³-hybridized carbons (Fsp3) is 0.875. The molecule has 0 radical (unpaired) electrons. The molecular formula is C16H26N2O3. The normalized spacial score (nSPS) is 34.1. The predicted octanol–water partition coefficient (Wildman–Crippen LogP) is 1.43. The summed E-state index contributed by atoms with van der Waals surface area (Å²) in [6.45, 7) is 5.70. The van der Waals surface area contributed by atoms with Gasteiger partial charge < -0.3 is 10.0 Å². The van der Waals surface area contributed by atoms with Crippen molar-refractivity contribution in [3.05, 3.63) is 0 Å². The Morgan fingerprint density at radius 3 is 2.57 bits per heavy atom. The number of fused-ring (bicyclic) bond motifs is 1. The van der Waals surface area contributed by atoms with Gasteiger partial charge in [0.25, 0.3) is 0 Å². The molecule has 118 valence electrons. The van der Waals surface area contributed by atoms with Crippen LogP contribution in [0.15, 0.2) is 0 Å². The zero-order valence-corrected chi connectivity index (χ0v) is 12.9. The first-order valence-corrected chi connectivity index (χ1v) is 8.25. The van der Waals surface area contributed by atoms with Crippen molar-refractivity contribution in [1.82, 2.24) is 9.80 Å². The molecule has 2 saturated heterocycles. The van der Waals surface area contributed by atoms with Gasteiger partial charge in [0, 0.05) is 26.2 Å². The molecule has 1 N–H and O–H groups in total. The average molecular weight is 294 g/mol. The number of carbonyl (C=O) groups excluding carboxylic acids is 1. The summed E-state index contributed by atoms with van der Waals surface area (Å²) in [5.74, 6) is 0.480. The average Bonchev–Trinajstić information content (AvgIpc) is 2.97. The zero-order valence-electron chi connectivity index (χ0n) is 12.9. The monoisotopic (exact) mass is 294 g/mol. The Bertz CT molecular complexity index is 431. The Morgan fingerprint density at radius 2 is 1.95 bits per heavy atom. The summed E-state index contributed by atoms with van der Waals surface area (Å²) in [5.41, 5.74) is -0.573. The largest absolute Gasteiger partial charge is 0.481 e. The maximum atomic E-state index is 12.4. The zero-order chi connectivity index (χ0) is 15.0. The van der Waals surface area contributed by atoms with Gasteiger partial charge in [0.05, 0.1) is 12.0 Å². The minimum atomic E-state index is -0.660. The Balaban J connectivity index is 1.57. The van der Waals surface area contributed by atoms with E-state index in [-0.39, 0.29) is 11.8 Å². The SMILES string of the molecule is CC1CCN(C(=O)CN2C[C@@H]3CCC[C@@]3(C(=O)O)C2)CC1. The second-order valence-electron chi connectivity index (χ2n) is 7.28. The van der Waals surface area contributed by atoms with Crippen molar-refractivity contribution in [2.45, 2.75) is 39.0 Å². The van der Waals surface area contributed by atoms with Crippen LogP contribution < -0.4 is 0 Å². The van der Waals surface area contributed by atoms with Crippen molar-refractivity contribution in [3.63, 3.8) is 0 Å². The van der Waals surface area contributed by atoms with Crippen LogP contribution in [-0.4, -0.2) is 59.5 Å². The molecule has 2 heterocycles. The third kappa shape index (κ3) is 2.68. The minimum absolute atomic E-state index is 0.183. The highest BCUT2D eigenvalue weighted by Crippen LogP contribution is 2.48. The molecule has 21 heavy (non-hydrogen) atoms. The van der Waals surface area contributed by atoms with Crippen LogP contribution in [0.5, 0.6) is 0 Å². The molecule has 3 fully saturated rings. The molecule has 0 aromatic rings. The number of hydrogen-bond donors (Lipinski definition) is 1. The van der Waals surface area contributed by atoms with Gasteiger partial charge in [0.2, 0.25) is 5.91 Å². The number of hydrogen-bond acceptors (Lipinski definition) is 3. The summed E-state index contributed by atoms with van der Waals surface area (Å²) in [5, 5.41) is 9.58. The highest BCUT2D eigenvalue weighted by molar-refractivity contribution is 5.79. The van der Waals surface area contributed by atoms with E-state index >= 15 is 0 Å². The number of carboxylic acids is 1. The second-order valence-corrected chi connectivity index (χ2v) is 7.28. The molecule has 1 aliphatic carbocycles. The first-order chi connectivity index (χ1) is 10.0. The molecule has 0 unspecified atom stereocenters. The lowest BCUT2D eigenvalue weighted by Crippen LogP contribution is -2.44. The van der Waals surface area contributed by atoms with Crippen molar-refractivity contribution < 1.29 is 14.7 Å². The molecular weight excluding hydrogens is 268 g/mol. The molecule has 0 bridgehead atoms. The highest BCUT2D eigenvalue weighted by Gasteiger charge is 2.54. The van der Waals surface area contributed by atoms with E-state index in [2.05, 4.69) is 11.8 Å². The van der Waals surface area contributed by atoms with E-state index in [0.29, 0.717) is 13.1 Å². The number of nitrogens with zero attached hydrogens (tertiary/aromatic N) is 2. The molecule has 2 atom stereocenters. The van der Waals surface area contributed by atoms with E-state index in [1.807, 2.05) is 4.90 Å². The number of amides is 1. The maximum Gasteiger partial charge on any atom is 0.311 e. The van der Waals surface area contributed by atoms with Crippen LogP contribution in [0, 0.1) is 17.3 Å². The van der Waals surface area contributed by atoms with Gasteiger partial charge in [0.15, 0.2) is 0 Å². The molecule has 3 rings (SSSR count). The van der Waals surface area contributed by atoms with Crippen molar-refractivity contribution in [1.29, 1.82) is 0 Å². The van der Waals surface area contributed by atoms with Gasteiger partial charge in [-0.25, -0.2) is 0 Å². The molecule has 0 spiro atoms. The van der Waals surface area contributed by atoms with Gasteiger partial charge in [0.1, 0.15) is 0 Å². The van der Waals surface area contributed by atoms with Crippen LogP contribution in [0.25, 0.3) is 0 Å². The summed E-state index contributed by atoms with van der Waals surface area (Å²) in [6.07, 6.45) is 4.97. The molecule has 5 heteroatoms. The second kappa shape index (κ2) is 5.59. The Hall–Kier alpha value is -1.10. The first-order valence-electron chi connectivity index (χ1n) is 8.25. The third-order valence-electron chi connectivity index (χ3n) is 5.86. The van der Waals surface area contributed by atoms with E-state index in [9.17, 15) is 14.7 Å². The van der Waals surface area contributed by atoms with Gasteiger partial charge in [-0.3, -0.25) is 14.5 Å². The lowest BCUT2D eigenvalue weighted by atomic mass is 9.81. The van der Waals surface area contributed by atoms with Gasteiger partial charge in [-0.05, 0) is 37.5 Å². The van der Waals surface area contributed by atoms with E-state index < -0.39 is 11.4 Å². The Kier molecular flexibility index (Phi) is 3.95. The standard InChI is InChI=1S/C16H26N2O3/c1-12-4-7-18(8-5-12)14(19)10-17-9-13-3-2-6-16(13,11-17)15(20)21/h12-13H,2-11H2,1H3,(H,20,21)/t13-,16+/m0/s1. The molecule has 3 aliphatic rings. The summed E-state index contributed by atoms with van der Waals surface area (Å²) in [6, 6.07) is 0. The van der Waals surface area contributed by atoms with Crippen LogP contribution in [0.2, 0.25) is 0 Å².